The number of aryl methyl sites for hydroxylation is 1. The summed E-state index contributed by atoms with van der Waals surface area (Å²) in [4.78, 5) is 0.284. The van der Waals surface area contributed by atoms with Gasteiger partial charge in [0.15, 0.2) is 0 Å². The molecule has 0 aliphatic carbocycles. The third-order valence-corrected chi connectivity index (χ3v) is 5.66. The molecular formula is C16H26N2O4S. The van der Waals surface area contributed by atoms with Crippen molar-refractivity contribution in [2.75, 3.05) is 33.4 Å². The first-order valence-corrected chi connectivity index (χ1v) is 9.38. The van der Waals surface area contributed by atoms with Crippen molar-refractivity contribution in [1.82, 2.24) is 10.0 Å². The van der Waals surface area contributed by atoms with Crippen LogP contribution >= 0.6 is 0 Å². The zero-order valence-electron chi connectivity index (χ0n) is 14.0. The minimum absolute atomic E-state index is 0.284. The largest absolute Gasteiger partial charge is 0.494 e. The van der Waals surface area contributed by atoms with Crippen LogP contribution in [0, 0.1) is 6.92 Å². The Morgan fingerprint density at radius 3 is 2.74 bits per heavy atom. The molecular weight excluding hydrogens is 316 g/mol. The van der Waals surface area contributed by atoms with Gasteiger partial charge in [-0.25, -0.2) is 13.1 Å². The Morgan fingerprint density at radius 1 is 1.39 bits per heavy atom. The van der Waals surface area contributed by atoms with Crippen LogP contribution < -0.4 is 14.8 Å². The first-order chi connectivity index (χ1) is 10.9. The van der Waals surface area contributed by atoms with E-state index in [-0.39, 0.29) is 10.4 Å². The molecule has 1 aromatic rings. The van der Waals surface area contributed by atoms with Gasteiger partial charge in [0, 0.05) is 13.7 Å². The topological polar surface area (TPSA) is 76.7 Å². The van der Waals surface area contributed by atoms with E-state index < -0.39 is 10.0 Å². The fourth-order valence-electron chi connectivity index (χ4n) is 2.96. The lowest BCUT2D eigenvalue weighted by atomic mass is 9.99. The monoisotopic (exact) mass is 342 g/mol. The summed E-state index contributed by atoms with van der Waals surface area (Å²) in [5.41, 5.74) is 0.352. The highest BCUT2D eigenvalue weighted by atomic mass is 32.2. The molecule has 2 rings (SSSR count). The smallest absolute Gasteiger partial charge is 0.240 e. The van der Waals surface area contributed by atoms with Gasteiger partial charge in [-0.3, -0.25) is 0 Å². The molecule has 1 fully saturated rings. The fraction of sp³-hybridized carbons (Fsp3) is 0.625. The number of hydrogen-bond acceptors (Lipinski definition) is 5. The molecule has 0 radical (unpaired) electrons. The lowest BCUT2D eigenvalue weighted by molar-refractivity contribution is 0.122. The van der Waals surface area contributed by atoms with Crippen molar-refractivity contribution in [3.05, 3.63) is 23.8 Å². The number of hydrogen-bond donors (Lipinski definition) is 2. The molecule has 0 bridgehead atoms. The van der Waals surface area contributed by atoms with E-state index in [4.69, 9.17) is 9.47 Å². The molecule has 6 nitrogen and oxygen atoms in total. The molecule has 7 heteroatoms. The predicted octanol–water partition coefficient (Wildman–Crippen LogP) is 1.44. The van der Waals surface area contributed by atoms with E-state index >= 15 is 0 Å². The number of methoxy groups -OCH3 is 1. The highest BCUT2D eigenvalue weighted by Crippen LogP contribution is 2.23. The van der Waals surface area contributed by atoms with Crippen LogP contribution in [0.1, 0.15) is 25.3 Å². The number of benzene rings is 1. The summed E-state index contributed by atoms with van der Waals surface area (Å²) in [5, 5.41) is 3.36. The van der Waals surface area contributed by atoms with E-state index in [1.807, 2.05) is 6.92 Å². The van der Waals surface area contributed by atoms with Gasteiger partial charge in [0.2, 0.25) is 10.0 Å². The van der Waals surface area contributed by atoms with E-state index in [1.165, 1.54) is 0 Å². The summed E-state index contributed by atoms with van der Waals surface area (Å²) in [6.45, 7) is 5.90. The second-order valence-electron chi connectivity index (χ2n) is 5.93. The summed E-state index contributed by atoms with van der Waals surface area (Å²) in [7, 11) is -1.94. The van der Waals surface area contributed by atoms with Gasteiger partial charge < -0.3 is 14.8 Å². The summed E-state index contributed by atoms with van der Waals surface area (Å²) in [6, 6.07) is 5.02. The minimum Gasteiger partial charge on any atom is -0.494 e. The first-order valence-electron chi connectivity index (χ1n) is 7.89. The Kier molecular flexibility index (Phi) is 6.02. The second kappa shape index (κ2) is 7.61. The molecule has 23 heavy (non-hydrogen) atoms. The molecule has 0 aromatic heterocycles. The number of sulfonamides is 1. The van der Waals surface area contributed by atoms with Crippen LogP contribution in [0.5, 0.6) is 5.75 Å². The van der Waals surface area contributed by atoms with Gasteiger partial charge in [-0.15, -0.1) is 0 Å². The van der Waals surface area contributed by atoms with Gasteiger partial charge in [0.05, 0.1) is 23.6 Å². The molecule has 0 spiro atoms. The SMILES string of the molecule is CCOc1ccc(S(=O)(=O)NCC2(COC)CCCN2)c(C)c1. The summed E-state index contributed by atoms with van der Waals surface area (Å²) in [6.07, 6.45) is 1.92. The number of nitrogens with one attached hydrogen (secondary N) is 2. The number of rotatable bonds is 8. The van der Waals surface area contributed by atoms with E-state index in [2.05, 4.69) is 10.0 Å². The minimum atomic E-state index is -3.57. The molecule has 1 heterocycles. The van der Waals surface area contributed by atoms with E-state index in [0.29, 0.717) is 31.1 Å². The van der Waals surface area contributed by atoms with E-state index in [1.54, 1.807) is 32.2 Å². The molecule has 1 aliphatic rings. The van der Waals surface area contributed by atoms with Crippen molar-refractivity contribution in [2.45, 2.75) is 37.1 Å². The van der Waals surface area contributed by atoms with Crippen molar-refractivity contribution >= 4 is 10.0 Å². The van der Waals surface area contributed by atoms with Crippen molar-refractivity contribution in [1.29, 1.82) is 0 Å². The fourth-order valence-corrected chi connectivity index (χ4v) is 4.31. The van der Waals surface area contributed by atoms with Gasteiger partial charge in [-0.1, -0.05) is 0 Å². The van der Waals surface area contributed by atoms with Crippen LogP contribution in [0.2, 0.25) is 0 Å². The van der Waals surface area contributed by atoms with Gasteiger partial charge in [-0.2, -0.15) is 0 Å². The third-order valence-electron chi connectivity index (χ3n) is 4.10. The first kappa shape index (κ1) is 18.2. The highest BCUT2D eigenvalue weighted by molar-refractivity contribution is 7.89. The quantitative estimate of drug-likeness (QED) is 0.748. The Bertz CT molecular complexity index is 625. The Balaban J connectivity index is 2.12. The zero-order valence-corrected chi connectivity index (χ0v) is 14.8. The average molecular weight is 342 g/mol. The maximum absolute atomic E-state index is 12.6. The molecule has 1 atom stereocenters. The lowest BCUT2D eigenvalue weighted by Crippen LogP contribution is -2.52. The van der Waals surface area contributed by atoms with Gasteiger partial charge in [0.1, 0.15) is 5.75 Å². The normalized spacial score (nSPS) is 21.5. The Hall–Kier alpha value is -1.15. The molecule has 0 saturated carbocycles. The standard InChI is InChI=1S/C16H26N2O4S/c1-4-22-14-6-7-15(13(2)10-14)23(19,20)18-11-16(12-21-3)8-5-9-17-16/h6-7,10,17-18H,4-5,8-9,11-12H2,1-3H3. The zero-order chi connectivity index (χ0) is 16.9. The molecule has 1 unspecified atom stereocenters. The average Bonchev–Trinajstić information content (AvgIpc) is 2.95. The maximum atomic E-state index is 12.6. The van der Waals surface area contributed by atoms with Crippen molar-refractivity contribution in [3.63, 3.8) is 0 Å². The molecule has 1 aliphatic heterocycles. The molecule has 1 saturated heterocycles. The second-order valence-corrected chi connectivity index (χ2v) is 7.66. The molecule has 130 valence electrons. The summed E-state index contributed by atoms with van der Waals surface area (Å²) in [5.74, 6) is 0.678. The Morgan fingerprint density at radius 2 is 2.17 bits per heavy atom. The maximum Gasteiger partial charge on any atom is 0.240 e. The van der Waals surface area contributed by atoms with Crippen molar-refractivity contribution in [2.24, 2.45) is 0 Å². The highest BCUT2D eigenvalue weighted by Gasteiger charge is 2.35. The van der Waals surface area contributed by atoms with E-state index in [0.717, 1.165) is 19.4 Å². The van der Waals surface area contributed by atoms with Crippen molar-refractivity contribution in [3.8, 4) is 5.75 Å². The van der Waals surface area contributed by atoms with Crippen molar-refractivity contribution < 1.29 is 17.9 Å². The van der Waals surface area contributed by atoms with Gasteiger partial charge >= 0.3 is 0 Å². The molecule has 2 N–H and O–H groups in total. The van der Waals surface area contributed by atoms with Gasteiger partial charge in [-0.05, 0) is 57.0 Å². The summed E-state index contributed by atoms with van der Waals surface area (Å²) < 4.78 is 38.6. The number of ether oxygens (including phenoxy) is 2. The van der Waals surface area contributed by atoms with Crippen LogP contribution in [0.3, 0.4) is 0 Å². The molecule has 0 amide bonds. The van der Waals surface area contributed by atoms with Gasteiger partial charge in [0.25, 0.3) is 0 Å². The predicted molar refractivity (Wildman–Crippen MR) is 89.4 cm³/mol. The lowest BCUT2D eigenvalue weighted by Gasteiger charge is -2.29. The van der Waals surface area contributed by atoms with Crippen LogP contribution in [-0.4, -0.2) is 47.4 Å². The van der Waals surface area contributed by atoms with Crippen LogP contribution in [0.15, 0.2) is 23.1 Å². The van der Waals surface area contributed by atoms with E-state index in [9.17, 15) is 8.42 Å². The van der Waals surface area contributed by atoms with Crippen LogP contribution in [-0.2, 0) is 14.8 Å². The third kappa shape index (κ3) is 4.44. The summed E-state index contributed by atoms with van der Waals surface area (Å²) >= 11 is 0. The molecule has 1 aromatic carbocycles. The Labute approximate surface area is 138 Å². The van der Waals surface area contributed by atoms with Crippen LogP contribution in [0.4, 0.5) is 0 Å². The van der Waals surface area contributed by atoms with Crippen LogP contribution in [0.25, 0.3) is 0 Å².